The average Bonchev–Trinajstić information content (AvgIpc) is 2.84. The van der Waals surface area contributed by atoms with Gasteiger partial charge in [-0.05, 0) is 57.9 Å². The lowest BCUT2D eigenvalue weighted by Gasteiger charge is -2.57. The van der Waals surface area contributed by atoms with Gasteiger partial charge in [-0.3, -0.25) is 9.59 Å². The maximum Gasteiger partial charge on any atom is 0.258 e. The minimum atomic E-state index is -0.582. The van der Waals surface area contributed by atoms with Crippen molar-refractivity contribution in [2.75, 3.05) is 0 Å². The lowest BCUT2D eigenvalue weighted by molar-refractivity contribution is -0.0833. The molecule has 1 saturated carbocycles. The van der Waals surface area contributed by atoms with Crippen molar-refractivity contribution in [1.82, 2.24) is 9.13 Å². The van der Waals surface area contributed by atoms with Gasteiger partial charge < -0.3 is 18.6 Å². The molecule has 184 valence electrons. The zero-order valence-electron chi connectivity index (χ0n) is 21.3. The Morgan fingerprint density at radius 2 is 1.36 bits per heavy atom. The van der Waals surface area contributed by atoms with Crippen LogP contribution in [0.15, 0.2) is 58.1 Å². The summed E-state index contributed by atoms with van der Waals surface area (Å²) >= 11 is 0. The molecule has 3 aliphatic rings. The van der Waals surface area contributed by atoms with Crippen LogP contribution in [0.4, 0.5) is 0 Å². The van der Waals surface area contributed by atoms with Gasteiger partial charge in [-0.25, -0.2) is 0 Å². The second-order valence-electron chi connectivity index (χ2n) is 11.7. The minimum Gasteiger partial charge on any atom is -0.486 e. The first-order valence-electron chi connectivity index (χ1n) is 12.7. The predicted molar refractivity (Wildman–Crippen MR) is 140 cm³/mol. The third kappa shape index (κ3) is 2.62. The molecule has 4 heterocycles. The average molecular weight is 483 g/mol. The highest BCUT2D eigenvalue weighted by Crippen LogP contribution is 2.62. The quantitative estimate of drug-likeness (QED) is 0.354. The first-order chi connectivity index (χ1) is 17.1. The Hall–Kier alpha value is -3.54. The molecule has 2 aromatic carbocycles. The number of aryl methyl sites for hydroxylation is 2. The standard InChI is InChI=1S/C30H30N2O4/c1-29(2)24-18(22-25(33)16-10-6-8-12-20(16)32(5)28(22)36-29)14-30(3)15-19(24)23-26(35-30)17-11-7-9-13-21(17)31(4)27(23)34/h6-13,18-19,24H,14-15H2,1-5H3/t18-,19-,24-,30+/m0/s1. The minimum absolute atomic E-state index is 0.0237. The fraction of sp³-hybridized carbons (Fsp3) is 0.400. The normalized spacial score (nSPS) is 27.5. The lowest BCUT2D eigenvalue weighted by Crippen LogP contribution is -2.58. The number of nitrogens with zero attached hydrogens (tertiary/aromatic N) is 2. The lowest BCUT2D eigenvalue weighted by atomic mass is 9.56. The van der Waals surface area contributed by atoms with Gasteiger partial charge in [0.2, 0.25) is 5.88 Å². The Labute approximate surface area is 209 Å². The summed E-state index contributed by atoms with van der Waals surface area (Å²) in [7, 11) is 3.80. The summed E-state index contributed by atoms with van der Waals surface area (Å²) in [6.07, 6.45) is 1.43. The van der Waals surface area contributed by atoms with E-state index in [1.54, 1.807) is 4.57 Å². The van der Waals surface area contributed by atoms with Crippen LogP contribution in [-0.4, -0.2) is 20.3 Å². The molecule has 0 unspecified atom stereocenters. The van der Waals surface area contributed by atoms with E-state index in [1.807, 2.05) is 67.2 Å². The summed E-state index contributed by atoms with van der Waals surface area (Å²) < 4.78 is 17.2. The molecule has 0 N–H and O–H groups in total. The van der Waals surface area contributed by atoms with Crippen LogP contribution in [0, 0.1) is 5.92 Å². The van der Waals surface area contributed by atoms with Crippen LogP contribution in [0.2, 0.25) is 0 Å². The van der Waals surface area contributed by atoms with Gasteiger partial charge in [-0.15, -0.1) is 0 Å². The Bertz CT molecular complexity index is 1720. The van der Waals surface area contributed by atoms with Crippen LogP contribution in [0.1, 0.15) is 56.6 Å². The van der Waals surface area contributed by atoms with Crippen molar-refractivity contribution in [2.45, 2.75) is 56.7 Å². The fourth-order valence-electron chi connectivity index (χ4n) is 7.60. The topological polar surface area (TPSA) is 62.5 Å². The number of hydrogen-bond donors (Lipinski definition) is 0. The second-order valence-corrected chi connectivity index (χ2v) is 11.7. The van der Waals surface area contributed by atoms with E-state index in [2.05, 4.69) is 20.8 Å². The summed E-state index contributed by atoms with van der Waals surface area (Å²) in [6.45, 7) is 6.35. The first kappa shape index (κ1) is 21.7. The highest BCUT2D eigenvalue weighted by Gasteiger charge is 2.59. The summed E-state index contributed by atoms with van der Waals surface area (Å²) in [5.74, 6) is 1.14. The third-order valence-corrected chi connectivity index (χ3v) is 9.00. The van der Waals surface area contributed by atoms with Crippen LogP contribution in [0.3, 0.4) is 0 Å². The zero-order chi connectivity index (χ0) is 25.1. The van der Waals surface area contributed by atoms with Gasteiger partial charge in [-0.1, -0.05) is 24.3 Å². The number of para-hydroxylation sites is 2. The molecule has 0 radical (unpaired) electrons. The van der Waals surface area contributed by atoms with Gasteiger partial charge in [0.25, 0.3) is 5.56 Å². The molecule has 2 aromatic heterocycles. The van der Waals surface area contributed by atoms with Crippen molar-refractivity contribution in [1.29, 1.82) is 0 Å². The van der Waals surface area contributed by atoms with Crippen molar-refractivity contribution >= 4 is 21.8 Å². The maximum absolute atomic E-state index is 14.0. The van der Waals surface area contributed by atoms with Gasteiger partial charge in [0.15, 0.2) is 5.43 Å². The molecular weight excluding hydrogens is 452 g/mol. The summed E-state index contributed by atoms with van der Waals surface area (Å²) in [5, 5.41) is 1.66. The smallest absolute Gasteiger partial charge is 0.258 e. The number of fused-ring (bicyclic) bond motifs is 11. The SMILES string of the molecule is Cn1c2c(c(=O)c3ccccc31)[C@@H]1C[C@]3(C)C[C@@H](c4c(c5ccccc5n(C)c4=O)O3)[C@H]1C(C)(C)O2. The predicted octanol–water partition coefficient (Wildman–Crippen LogP) is 4.99. The molecule has 6 heteroatoms. The molecule has 1 fully saturated rings. The molecule has 36 heavy (non-hydrogen) atoms. The van der Waals surface area contributed by atoms with Crippen molar-refractivity contribution in [3.05, 3.63) is 80.2 Å². The molecule has 1 aliphatic carbocycles. The number of hydrogen-bond acceptors (Lipinski definition) is 4. The number of rotatable bonds is 0. The Morgan fingerprint density at radius 3 is 2.06 bits per heavy atom. The largest absolute Gasteiger partial charge is 0.486 e. The highest BCUT2D eigenvalue weighted by atomic mass is 16.5. The van der Waals surface area contributed by atoms with E-state index in [0.717, 1.165) is 34.0 Å². The van der Waals surface area contributed by atoms with E-state index < -0.39 is 11.2 Å². The van der Waals surface area contributed by atoms with Crippen molar-refractivity contribution in [3.63, 3.8) is 0 Å². The summed E-state index contributed by atoms with van der Waals surface area (Å²) in [4.78, 5) is 27.8. The van der Waals surface area contributed by atoms with Crippen LogP contribution < -0.4 is 20.5 Å². The first-order valence-corrected chi connectivity index (χ1v) is 12.7. The molecular formula is C30H30N2O4. The number of pyridine rings is 2. The van der Waals surface area contributed by atoms with E-state index in [-0.39, 0.29) is 28.7 Å². The molecule has 6 nitrogen and oxygen atoms in total. The van der Waals surface area contributed by atoms with E-state index in [0.29, 0.717) is 23.4 Å². The van der Waals surface area contributed by atoms with Gasteiger partial charge in [-0.2, -0.15) is 0 Å². The monoisotopic (exact) mass is 482 g/mol. The van der Waals surface area contributed by atoms with Crippen LogP contribution in [0.25, 0.3) is 21.8 Å². The van der Waals surface area contributed by atoms with Gasteiger partial charge in [0, 0.05) is 42.6 Å². The van der Waals surface area contributed by atoms with Crippen molar-refractivity contribution in [3.8, 4) is 11.6 Å². The number of aromatic nitrogens is 2. The van der Waals surface area contributed by atoms with Crippen molar-refractivity contribution in [2.24, 2.45) is 20.0 Å². The fourth-order valence-corrected chi connectivity index (χ4v) is 7.60. The zero-order valence-corrected chi connectivity index (χ0v) is 21.3. The van der Waals surface area contributed by atoms with E-state index in [9.17, 15) is 9.59 Å². The van der Waals surface area contributed by atoms with Gasteiger partial charge in [0.05, 0.1) is 22.2 Å². The Morgan fingerprint density at radius 1 is 0.778 bits per heavy atom. The summed E-state index contributed by atoms with van der Waals surface area (Å²) in [6, 6.07) is 15.7. The molecule has 4 atom stereocenters. The molecule has 0 spiro atoms. The van der Waals surface area contributed by atoms with Gasteiger partial charge >= 0.3 is 0 Å². The van der Waals surface area contributed by atoms with E-state index in [1.165, 1.54) is 0 Å². The van der Waals surface area contributed by atoms with Crippen molar-refractivity contribution < 1.29 is 9.47 Å². The molecule has 7 rings (SSSR count). The van der Waals surface area contributed by atoms with Crippen LogP contribution in [-0.2, 0) is 14.1 Å². The Kier molecular flexibility index (Phi) is 4.11. The maximum atomic E-state index is 14.0. The molecule has 4 aromatic rings. The Balaban J connectivity index is 1.54. The van der Waals surface area contributed by atoms with Crippen LogP contribution >= 0.6 is 0 Å². The van der Waals surface area contributed by atoms with Gasteiger partial charge in [0.1, 0.15) is 17.0 Å². The molecule has 2 aliphatic heterocycles. The molecule has 0 amide bonds. The number of benzene rings is 2. The second kappa shape index (κ2) is 6.81. The van der Waals surface area contributed by atoms with Crippen LogP contribution in [0.5, 0.6) is 11.6 Å². The third-order valence-electron chi connectivity index (χ3n) is 9.00. The molecule has 0 saturated heterocycles. The number of ether oxygens (including phenoxy) is 2. The van der Waals surface area contributed by atoms with E-state index in [4.69, 9.17) is 9.47 Å². The highest BCUT2D eigenvalue weighted by molar-refractivity contribution is 5.87. The van der Waals surface area contributed by atoms with E-state index >= 15 is 0 Å². The molecule has 2 bridgehead atoms. The summed E-state index contributed by atoms with van der Waals surface area (Å²) in [5.41, 5.74) is 2.11.